The van der Waals surface area contributed by atoms with Gasteiger partial charge in [-0.25, -0.2) is 9.97 Å². The molecule has 0 N–H and O–H groups in total. The number of hydrogen-bond acceptors (Lipinski definition) is 7. The van der Waals surface area contributed by atoms with Crippen molar-refractivity contribution in [3.63, 3.8) is 0 Å². The van der Waals surface area contributed by atoms with Crippen LogP contribution in [0, 0.1) is 0 Å². The minimum Gasteiger partial charge on any atom is -0.361 e. The van der Waals surface area contributed by atoms with Gasteiger partial charge in [-0.2, -0.15) is 0 Å². The first-order valence-corrected chi connectivity index (χ1v) is 8.53. The Balaban J connectivity index is 1.40. The first kappa shape index (κ1) is 15.1. The van der Waals surface area contributed by atoms with E-state index in [9.17, 15) is 0 Å². The van der Waals surface area contributed by atoms with E-state index in [0.29, 0.717) is 5.92 Å². The summed E-state index contributed by atoms with van der Waals surface area (Å²) in [6.07, 6.45) is 4.25. The molecule has 126 valence electrons. The molecule has 2 fully saturated rings. The first-order chi connectivity index (χ1) is 11.7. The zero-order valence-electron chi connectivity index (χ0n) is 14.3. The lowest BCUT2D eigenvalue weighted by Crippen LogP contribution is -2.47. The second-order valence-corrected chi connectivity index (χ2v) is 6.69. The van der Waals surface area contributed by atoms with Gasteiger partial charge in [-0.1, -0.05) is 0 Å². The third-order valence-electron chi connectivity index (χ3n) is 4.69. The highest BCUT2D eigenvalue weighted by atomic mass is 15.3. The van der Waals surface area contributed by atoms with E-state index >= 15 is 0 Å². The minimum atomic E-state index is 0.665. The van der Waals surface area contributed by atoms with Crippen LogP contribution in [-0.4, -0.2) is 60.4 Å². The third kappa shape index (κ3) is 3.11. The van der Waals surface area contributed by atoms with Gasteiger partial charge in [0.1, 0.15) is 12.1 Å². The van der Waals surface area contributed by atoms with E-state index < -0.39 is 0 Å². The summed E-state index contributed by atoms with van der Waals surface area (Å²) >= 11 is 0. The van der Waals surface area contributed by atoms with Crippen molar-refractivity contribution in [3.8, 4) is 0 Å². The molecule has 2 aliphatic rings. The lowest BCUT2D eigenvalue weighted by atomic mass is 10.2. The van der Waals surface area contributed by atoms with Crippen molar-refractivity contribution >= 4 is 17.5 Å². The number of piperazine rings is 1. The van der Waals surface area contributed by atoms with Gasteiger partial charge in [0.25, 0.3) is 0 Å². The topological polar surface area (TPSA) is 61.3 Å². The fourth-order valence-electron chi connectivity index (χ4n) is 3.03. The summed E-state index contributed by atoms with van der Waals surface area (Å²) < 4.78 is 0. The summed E-state index contributed by atoms with van der Waals surface area (Å²) in [6.45, 7) is 3.74. The SMILES string of the molecule is CN(C)c1ccc(N2CCN(c3cc(C4CC4)ncn3)CC2)nn1. The van der Waals surface area contributed by atoms with Gasteiger partial charge in [0.15, 0.2) is 11.6 Å². The predicted octanol–water partition coefficient (Wildman–Crippen LogP) is 1.54. The minimum absolute atomic E-state index is 0.665. The zero-order chi connectivity index (χ0) is 16.5. The van der Waals surface area contributed by atoms with Crippen LogP contribution in [0.1, 0.15) is 24.5 Å². The first-order valence-electron chi connectivity index (χ1n) is 8.53. The van der Waals surface area contributed by atoms with Crippen LogP contribution < -0.4 is 14.7 Å². The second kappa shape index (κ2) is 6.22. The molecule has 1 aliphatic heterocycles. The molecule has 1 saturated heterocycles. The van der Waals surface area contributed by atoms with Crippen molar-refractivity contribution < 1.29 is 0 Å². The van der Waals surface area contributed by atoms with E-state index in [1.54, 1.807) is 6.33 Å². The van der Waals surface area contributed by atoms with E-state index in [1.165, 1.54) is 18.5 Å². The Bertz CT molecular complexity index is 688. The Kier molecular flexibility index (Phi) is 3.92. The van der Waals surface area contributed by atoms with E-state index in [4.69, 9.17) is 0 Å². The van der Waals surface area contributed by atoms with Crippen LogP contribution in [0.5, 0.6) is 0 Å². The summed E-state index contributed by atoms with van der Waals surface area (Å²) in [6, 6.07) is 6.23. The maximum absolute atomic E-state index is 4.46. The van der Waals surface area contributed by atoms with Crippen molar-refractivity contribution in [3.05, 3.63) is 30.2 Å². The van der Waals surface area contributed by atoms with Gasteiger partial charge >= 0.3 is 0 Å². The highest BCUT2D eigenvalue weighted by Crippen LogP contribution is 2.39. The lowest BCUT2D eigenvalue weighted by Gasteiger charge is -2.35. The van der Waals surface area contributed by atoms with Crippen molar-refractivity contribution in [1.29, 1.82) is 0 Å². The molecule has 0 aromatic carbocycles. The molecule has 3 heterocycles. The summed E-state index contributed by atoms with van der Waals surface area (Å²) in [5.74, 6) is 3.55. The molecule has 7 heteroatoms. The molecule has 0 radical (unpaired) electrons. The lowest BCUT2D eigenvalue weighted by molar-refractivity contribution is 0.636. The Labute approximate surface area is 142 Å². The van der Waals surface area contributed by atoms with Gasteiger partial charge in [-0.15, -0.1) is 10.2 Å². The molecule has 4 rings (SSSR count). The largest absolute Gasteiger partial charge is 0.361 e. The number of hydrogen-bond donors (Lipinski definition) is 0. The van der Waals surface area contributed by atoms with Crippen LogP contribution in [0.2, 0.25) is 0 Å². The van der Waals surface area contributed by atoms with Crippen molar-refractivity contribution in [2.75, 3.05) is 55.0 Å². The van der Waals surface area contributed by atoms with Gasteiger partial charge in [0.05, 0.1) is 0 Å². The number of anilines is 3. The number of rotatable bonds is 4. The van der Waals surface area contributed by atoms with E-state index in [0.717, 1.165) is 43.6 Å². The van der Waals surface area contributed by atoms with Crippen LogP contribution in [0.3, 0.4) is 0 Å². The third-order valence-corrected chi connectivity index (χ3v) is 4.69. The van der Waals surface area contributed by atoms with Crippen LogP contribution in [-0.2, 0) is 0 Å². The quantitative estimate of drug-likeness (QED) is 0.845. The summed E-state index contributed by atoms with van der Waals surface area (Å²) in [4.78, 5) is 15.5. The molecule has 2 aromatic rings. The van der Waals surface area contributed by atoms with Gasteiger partial charge in [-0.05, 0) is 25.0 Å². The Morgan fingerprint density at radius 2 is 1.62 bits per heavy atom. The molecule has 0 unspecified atom stereocenters. The fraction of sp³-hybridized carbons (Fsp3) is 0.529. The molecule has 1 saturated carbocycles. The van der Waals surface area contributed by atoms with Crippen molar-refractivity contribution in [1.82, 2.24) is 20.2 Å². The monoisotopic (exact) mass is 325 g/mol. The highest BCUT2D eigenvalue weighted by molar-refractivity contribution is 5.47. The smallest absolute Gasteiger partial charge is 0.151 e. The van der Waals surface area contributed by atoms with Crippen LogP contribution in [0.4, 0.5) is 17.5 Å². The molecule has 0 bridgehead atoms. The Morgan fingerprint density at radius 1 is 0.917 bits per heavy atom. The van der Waals surface area contributed by atoms with E-state index in [-0.39, 0.29) is 0 Å². The molecule has 7 nitrogen and oxygen atoms in total. The van der Waals surface area contributed by atoms with Crippen LogP contribution in [0.25, 0.3) is 0 Å². The fourth-order valence-corrected chi connectivity index (χ4v) is 3.03. The normalized spacial score (nSPS) is 17.9. The maximum atomic E-state index is 4.46. The summed E-state index contributed by atoms with van der Waals surface area (Å²) in [5, 5.41) is 8.63. The van der Waals surface area contributed by atoms with E-state index in [1.807, 2.05) is 31.1 Å². The molecule has 1 aliphatic carbocycles. The molecule has 2 aromatic heterocycles. The number of nitrogens with zero attached hydrogens (tertiary/aromatic N) is 7. The highest BCUT2D eigenvalue weighted by Gasteiger charge is 2.26. The average Bonchev–Trinajstić information content (AvgIpc) is 3.47. The molecule has 0 atom stereocenters. The van der Waals surface area contributed by atoms with Gasteiger partial charge in [0, 0.05) is 58.0 Å². The number of aromatic nitrogens is 4. The standard InChI is InChI=1S/C17H23N7/c1-22(2)15-5-6-16(21-20-15)23-7-9-24(10-8-23)17-11-14(13-3-4-13)18-12-19-17/h5-6,11-13H,3-4,7-10H2,1-2H3. The second-order valence-electron chi connectivity index (χ2n) is 6.69. The average molecular weight is 325 g/mol. The van der Waals surface area contributed by atoms with Gasteiger partial charge < -0.3 is 14.7 Å². The Morgan fingerprint density at radius 3 is 2.21 bits per heavy atom. The van der Waals surface area contributed by atoms with Crippen molar-refractivity contribution in [2.24, 2.45) is 0 Å². The summed E-state index contributed by atoms with van der Waals surface area (Å²) in [7, 11) is 3.94. The van der Waals surface area contributed by atoms with Gasteiger partial charge in [0.2, 0.25) is 0 Å². The van der Waals surface area contributed by atoms with Crippen LogP contribution >= 0.6 is 0 Å². The van der Waals surface area contributed by atoms with E-state index in [2.05, 4.69) is 36.0 Å². The zero-order valence-corrected chi connectivity index (χ0v) is 14.3. The van der Waals surface area contributed by atoms with Gasteiger partial charge in [-0.3, -0.25) is 0 Å². The molecule has 24 heavy (non-hydrogen) atoms. The summed E-state index contributed by atoms with van der Waals surface area (Å²) in [5.41, 5.74) is 1.20. The van der Waals surface area contributed by atoms with Crippen LogP contribution in [0.15, 0.2) is 24.5 Å². The molecule has 0 amide bonds. The van der Waals surface area contributed by atoms with Crippen molar-refractivity contribution in [2.45, 2.75) is 18.8 Å². The Hall–Kier alpha value is -2.44. The molecule has 0 spiro atoms. The molecular weight excluding hydrogens is 302 g/mol. The molecular formula is C17H23N7. The predicted molar refractivity (Wildman–Crippen MR) is 94.8 cm³/mol. The maximum Gasteiger partial charge on any atom is 0.151 e.